The quantitative estimate of drug-likeness (QED) is 0.885. The molecule has 2 rings (SSSR count). The fourth-order valence-corrected chi connectivity index (χ4v) is 1.63. The Morgan fingerprint density at radius 3 is 2.82 bits per heavy atom. The van der Waals surface area contributed by atoms with E-state index >= 15 is 0 Å². The number of nitrogens with zero attached hydrogens (tertiary/aromatic N) is 1. The molecule has 1 heterocycles. The molecule has 0 fully saturated rings. The zero-order chi connectivity index (χ0) is 12.3. The number of hydrogen-bond donors (Lipinski definition) is 1. The maximum Gasteiger partial charge on any atom is 0.213 e. The molecule has 1 aromatic heterocycles. The van der Waals surface area contributed by atoms with Crippen LogP contribution in [0.1, 0.15) is 5.56 Å². The second-order valence-corrected chi connectivity index (χ2v) is 3.55. The Bertz CT molecular complexity index is 529. The monoisotopic (exact) mass is 233 g/mol. The van der Waals surface area contributed by atoms with Gasteiger partial charge in [0.05, 0.1) is 13.7 Å². The van der Waals surface area contributed by atoms with Gasteiger partial charge in [-0.3, -0.25) is 0 Å². The topological polar surface area (TPSA) is 42.4 Å². The van der Waals surface area contributed by atoms with E-state index in [2.05, 4.69) is 4.98 Å². The third-order valence-corrected chi connectivity index (χ3v) is 2.48. The molecule has 4 heteroatoms. The van der Waals surface area contributed by atoms with E-state index in [-0.39, 0.29) is 12.4 Å². The van der Waals surface area contributed by atoms with E-state index in [0.717, 1.165) is 0 Å². The van der Waals surface area contributed by atoms with Crippen LogP contribution < -0.4 is 4.74 Å². The molecule has 3 nitrogen and oxygen atoms in total. The molecule has 0 radical (unpaired) electrons. The van der Waals surface area contributed by atoms with Gasteiger partial charge in [-0.15, -0.1) is 0 Å². The fraction of sp³-hybridized carbons (Fsp3) is 0.154. The Balaban J connectivity index is 2.51. The summed E-state index contributed by atoms with van der Waals surface area (Å²) >= 11 is 0. The van der Waals surface area contributed by atoms with Crippen LogP contribution in [0.4, 0.5) is 4.39 Å². The van der Waals surface area contributed by atoms with E-state index in [4.69, 9.17) is 4.74 Å². The highest BCUT2D eigenvalue weighted by Crippen LogP contribution is 2.26. The molecule has 0 saturated heterocycles. The number of hydrogen-bond acceptors (Lipinski definition) is 3. The summed E-state index contributed by atoms with van der Waals surface area (Å²) in [7, 11) is 1.51. The maximum atomic E-state index is 13.1. The van der Waals surface area contributed by atoms with Crippen molar-refractivity contribution in [1.29, 1.82) is 0 Å². The van der Waals surface area contributed by atoms with Gasteiger partial charge in [0, 0.05) is 17.8 Å². The minimum atomic E-state index is -0.317. The third kappa shape index (κ3) is 2.42. The lowest BCUT2D eigenvalue weighted by molar-refractivity contribution is 0.281. The van der Waals surface area contributed by atoms with E-state index in [1.54, 1.807) is 24.4 Å². The number of rotatable bonds is 3. The minimum absolute atomic E-state index is 0.148. The molecule has 1 N–H and O–H groups in total. The van der Waals surface area contributed by atoms with Crippen molar-refractivity contribution in [3.8, 4) is 17.0 Å². The van der Waals surface area contributed by atoms with Gasteiger partial charge < -0.3 is 9.84 Å². The standard InChI is InChI=1S/C13H12FNO2/c1-17-13-6-10(8-16)12(7-15-13)9-3-2-4-11(14)5-9/h2-7,16H,8H2,1H3. The zero-order valence-electron chi connectivity index (χ0n) is 9.35. The predicted molar refractivity (Wildman–Crippen MR) is 62.1 cm³/mol. The molecule has 1 aromatic carbocycles. The molecule has 0 amide bonds. The fourth-order valence-electron chi connectivity index (χ4n) is 1.63. The van der Waals surface area contributed by atoms with Crippen LogP contribution in [-0.4, -0.2) is 17.2 Å². The van der Waals surface area contributed by atoms with E-state index in [9.17, 15) is 9.50 Å². The van der Waals surface area contributed by atoms with Crippen molar-refractivity contribution in [3.05, 3.63) is 47.9 Å². The number of methoxy groups -OCH3 is 1. The first-order valence-electron chi connectivity index (χ1n) is 5.14. The van der Waals surface area contributed by atoms with Gasteiger partial charge >= 0.3 is 0 Å². The lowest BCUT2D eigenvalue weighted by Crippen LogP contribution is -1.95. The zero-order valence-corrected chi connectivity index (χ0v) is 9.35. The van der Waals surface area contributed by atoms with Crippen molar-refractivity contribution in [3.63, 3.8) is 0 Å². The summed E-state index contributed by atoms with van der Waals surface area (Å²) in [6.45, 7) is -0.148. The third-order valence-electron chi connectivity index (χ3n) is 2.48. The largest absolute Gasteiger partial charge is 0.481 e. The number of aliphatic hydroxyl groups excluding tert-OH is 1. The molecule has 0 aliphatic carbocycles. The Morgan fingerprint density at radius 2 is 2.18 bits per heavy atom. The summed E-state index contributed by atoms with van der Waals surface area (Å²) in [5, 5.41) is 9.29. The molecular weight excluding hydrogens is 221 g/mol. The summed E-state index contributed by atoms with van der Waals surface area (Å²) in [4.78, 5) is 4.06. The lowest BCUT2D eigenvalue weighted by Gasteiger charge is -2.08. The van der Waals surface area contributed by atoms with Crippen LogP contribution in [0.2, 0.25) is 0 Å². The lowest BCUT2D eigenvalue weighted by atomic mass is 10.0. The highest BCUT2D eigenvalue weighted by Gasteiger charge is 2.07. The van der Waals surface area contributed by atoms with Gasteiger partial charge in [-0.2, -0.15) is 0 Å². The molecule has 88 valence electrons. The Morgan fingerprint density at radius 1 is 1.35 bits per heavy atom. The Labute approximate surface area is 98.5 Å². The molecular formula is C13H12FNO2. The molecule has 0 saturated carbocycles. The van der Waals surface area contributed by atoms with Gasteiger partial charge in [0.1, 0.15) is 5.82 Å². The first-order valence-corrected chi connectivity index (χ1v) is 5.14. The van der Waals surface area contributed by atoms with E-state index in [0.29, 0.717) is 22.6 Å². The van der Waals surface area contributed by atoms with Crippen LogP contribution in [0.5, 0.6) is 5.88 Å². The van der Waals surface area contributed by atoms with E-state index < -0.39 is 0 Å². The summed E-state index contributed by atoms with van der Waals surface area (Å²) in [5.41, 5.74) is 2.04. The molecule has 0 aliphatic rings. The van der Waals surface area contributed by atoms with Gasteiger partial charge in [-0.1, -0.05) is 12.1 Å². The normalized spacial score (nSPS) is 10.3. The van der Waals surface area contributed by atoms with Crippen molar-refractivity contribution in [1.82, 2.24) is 4.98 Å². The molecule has 0 spiro atoms. The van der Waals surface area contributed by atoms with Gasteiger partial charge in [0.25, 0.3) is 0 Å². The number of halogens is 1. The summed E-state index contributed by atoms with van der Waals surface area (Å²) in [6, 6.07) is 7.81. The van der Waals surface area contributed by atoms with Crippen LogP contribution >= 0.6 is 0 Å². The maximum absolute atomic E-state index is 13.1. The van der Waals surface area contributed by atoms with Crippen LogP contribution in [0, 0.1) is 5.82 Å². The van der Waals surface area contributed by atoms with Crippen molar-refractivity contribution in [2.45, 2.75) is 6.61 Å². The van der Waals surface area contributed by atoms with Gasteiger partial charge in [0.2, 0.25) is 5.88 Å². The number of aliphatic hydroxyl groups is 1. The number of pyridine rings is 1. The second-order valence-electron chi connectivity index (χ2n) is 3.55. The van der Waals surface area contributed by atoms with Crippen LogP contribution in [0.25, 0.3) is 11.1 Å². The number of benzene rings is 1. The number of aromatic nitrogens is 1. The van der Waals surface area contributed by atoms with E-state index in [1.807, 2.05) is 0 Å². The van der Waals surface area contributed by atoms with Gasteiger partial charge in [-0.25, -0.2) is 9.37 Å². The molecule has 17 heavy (non-hydrogen) atoms. The first kappa shape index (κ1) is 11.5. The second kappa shape index (κ2) is 4.93. The van der Waals surface area contributed by atoms with Crippen LogP contribution in [0.3, 0.4) is 0 Å². The minimum Gasteiger partial charge on any atom is -0.481 e. The first-order chi connectivity index (χ1) is 8.24. The van der Waals surface area contributed by atoms with Crippen molar-refractivity contribution in [2.24, 2.45) is 0 Å². The smallest absolute Gasteiger partial charge is 0.213 e. The van der Waals surface area contributed by atoms with E-state index in [1.165, 1.54) is 19.2 Å². The summed E-state index contributed by atoms with van der Waals surface area (Å²) in [5.74, 6) is 0.108. The summed E-state index contributed by atoms with van der Waals surface area (Å²) < 4.78 is 18.1. The SMILES string of the molecule is COc1cc(CO)c(-c2cccc(F)c2)cn1. The highest BCUT2D eigenvalue weighted by molar-refractivity contribution is 5.66. The average Bonchev–Trinajstić information content (AvgIpc) is 2.38. The van der Waals surface area contributed by atoms with Crippen LogP contribution in [-0.2, 0) is 6.61 Å². The van der Waals surface area contributed by atoms with Crippen molar-refractivity contribution >= 4 is 0 Å². The van der Waals surface area contributed by atoms with Gasteiger partial charge in [0.15, 0.2) is 0 Å². The molecule has 0 aliphatic heterocycles. The molecule has 0 atom stereocenters. The highest BCUT2D eigenvalue weighted by atomic mass is 19.1. The predicted octanol–water partition coefficient (Wildman–Crippen LogP) is 2.39. The Kier molecular flexibility index (Phi) is 3.35. The van der Waals surface area contributed by atoms with Crippen LogP contribution in [0.15, 0.2) is 36.5 Å². The van der Waals surface area contributed by atoms with Crippen molar-refractivity contribution < 1.29 is 14.2 Å². The van der Waals surface area contributed by atoms with Gasteiger partial charge in [-0.05, 0) is 23.3 Å². The summed E-state index contributed by atoms with van der Waals surface area (Å²) in [6.07, 6.45) is 1.57. The number of ether oxygens (including phenoxy) is 1. The Hall–Kier alpha value is -1.94. The average molecular weight is 233 g/mol. The molecule has 0 bridgehead atoms. The molecule has 0 unspecified atom stereocenters. The molecule has 2 aromatic rings. The van der Waals surface area contributed by atoms with Crippen molar-refractivity contribution in [2.75, 3.05) is 7.11 Å².